The number of methoxy groups -OCH3 is 1. The number of amides is 1. The van der Waals surface area contributed by atoms with E-state index in [1.165, 1.54) is 12.8 Å². The maximum atomic E-state index is 13.0. The number of likely N-dealkylation sites (tertiary alicyclic amines) is 1. The molecule has 1 amide bonds. The zero-order chi connectivity index (χ0) is 17.0. The van der Waals surface area contributed by atoms with Gasteiger partial charge in [-0.05, 0) is 44.0 Å². The van der Waals surface area contributed by atoms with Crippen LogP contribution in [0, 0.1) is 13.8 Å². The van der Waals surface area contributed by atoms with Crippen LogP contribution in [0.4, 0.5) is 5.69 Å². The highest BCUT2D eigenvalue weighted by atomic mass is 16.5. The van der Waals surface area contributed by atoms with Crippen molar-refractivity contribution in [3.05, 3.63) is 23.3 Å². The number of ether oxygens (including phenoxy) is 1. The Bertz CT molecular complexity index is 539. The monoisotopic (exact) mass is 319 g/mol. The molecular formula is C19H31N2O2+. The molecule has 2 rings (SSSR count). The van der Waals surface area contributed by atoms with Gasteiger partial charge >= 0.3 is 0 Å². The Balaban J connectivity index is 2.23. The second-order valence-electron chi connectivity index (χ2n) is 6.74. The summed E-state index contributed by atoms with van der Waals surface area (Å²) in [4.78, 5) is 13.0. The molecule has 0 radical (unpaired) electrons. The summed E-state index contributed by atoms with van der Waals surface area (Å²) in [6.45, 7) is 11.7. The number of aryl methyl sites for hydroxylation is 2. The molecule has 23 heavy (non-hydrogen) atoms. The summed E-state index contributed by atoms with van der Waals surface area (Å²) in [7, 11) is 1.67. The molecule has 0 aliphatic carbocycles. The average Bonchev–Trinajstić information content (AvgIpc) is 3.01. The third kappa shape index (κ3) is 3.52. The Hall–Kier alpha value is -1.55. The van der Waals surface area contributed by atoms with Crippen LogP contribution in [0.3, 0.4) is 0 Å². The van der Waals surface area contributed by atoms with E-state index in [2.05, 4.69) is 19.2 Å². The van der Waals surface area contributed by atoms with Crippen molar-refractivity contribution in [1.29, 1.82) is 0 Å². The van der Waals surface area contributed by atoms with Crippen LogP contribution in [-0.2, 0) is 4.79 Å². The largest absolute Gasteiger partial charge is 0.497 e. The highest BCUT2D eigenvalue weighted by Crippen LogP contribution is 2.29. The first-order valence-electron chi connectivity index (χ1n) is 8.79. The first-order chi connectivity index (χ1) is 11.0. The molecule has 1 saturated heterocycles. The minimum Gasteiger partial charge on any atom is -0.497 e. The summed E-state index contributed by atoms with van der Waals surface area (Å²) in [6.07, 6.45) is 3.35. The summed E-state index contributed by atoms with van der Waals surface area (Å²) in [5.41, 5.74) is 3.03. The third-order valence-electron chi connectivity index (χ3n) is 5.43. The van der Waals surface area contributed by atoms with Gasteiger partial charge < -0.3 is 14.5 Å². The van der Waals surface area contributed by atoms with Crippen LogP contribution in [0.25, 0.3) is 0 Å². The van der Waals surface area contributed by atoms with Gasteiger partial charge in [-0.15, -0.1) is 0 Å². The summed E-state index contributed by atoms with van der Waals surface area (Å²) in [5.74, 6) is 0.995. The number of hydrogen-bond acceptors (Lipinski definition) is 2. The lowest BCUT2D eigenvalue weighted by Crippen LogP contribution is -2.57. The standard InChI is InChI=1S/C19H30N2O2/c1-6-17(21(7-2)10-8-9-11-21)19(22)20-18-14(3)12-16(23-5)13-15(18)4/h12-13,17H,6-11H2,1-5H3/p+1. The molecule has 1 aromatic carbocycles. The van der Waals surface area contributed by atoms with Crippen LogP contribution in [0.2, 0.25) is 0 Å². The molecule has 0 bridgehead atoms. The quantitative estimate of drug-likeness (QED) is 0.813. The Morgan fingerprint density at radius 2 is 1.78 bits per heavy atom. The van der Waals surface area contributed by atoms with Crippen LogP contribution in [0.1, 0.15) is 44.2 Å². The van der Waals surface area contributed by atoms with E-state index in [1.807, 2.05) is 26.0 Å². The molecule has 1 aliphatic heterocycles. The minimum atomic E-state index is 0.0448. The van der Waals surface area contributed by atoms with Crippen molar-refractivity contribution >= 4 is 11.6 Å². The van der Waals surface area contributed by atoms with Gasteiger partial charge in [0.05, 0.1) is 26.7 Å². The van der Waals surface area contributed by atoms with E-state index in [0.717, 1.165) is 53.1 Å². The number of carbonyl (C=O) groups is 1. The fourth-order valence-corrected chi connectivity index (χ4v) is 4.08. The van der Waals surface area contributed by atoms with Crippen LogP contribution in [-0.4, -0.2) is 43.2 Å². The number of benzene rings is 1. The highest BCUT2D eigenvalue weighted by Gasteiger charge is 2.41. The summed E-state index contributed by atoms with van der Waals surface area (Å²) < 4.78 is 6.24. The lowest BCUT2D eigenvalue weighted by molar-refractivity contribution is -0.930. The van der Waals surface area contributed by atoms with Crippen molar-refractivity contribution in [3.63, 3.8) is 0 Å². The summed E-state index contributed by atoms with van der Waals surface area (Å²) >= 11 is 0. The second-order valence-corrected chi connectivity index (χ2v) is 6.74. The van der Waals surface area contributed by atoms with Gasteiger partial charge in [0.1, 0.15) is 5.75 Å². The van der Waals surface area contributed by atoms with Gasteiger partial charge in [-0.25, -0.2) is 0 Å². The van der Waals surface area contributed by atoms with Crippen molar-refractivity contribution in [2.24, 2.45) is 0 Å². The number of anilines is 1. The normalized spacial score (nSPS) is 17.8. The van der Waals surface area contributed by atoms with Gasteiger partial charge in [0.2, 0.25) is 0 Å². The number of rotatable bonds is 6. The molecule has 1 unspecified atom stereocenters. The minimum absolute atomic E-state index is 0.0448. The molecule has 4 heteroatoms. The molecule has 1 aliphatic rings. The molecule has 4 nitrogen and oxygen atoms in total. The first kappa shape index (κ1) is 17.8. The molecular weight excluding hydrogens is 288 g/mol. The van der Waals surface area contributed by atoms with E-state index in [1.54, 1.807) is 7.11 Å². The number of nitrogens with zero attached hydrogens (tertiary/aromatic N) is 1. The Morgan fingerprint density at radius 3 is 2.22 bits per heavy atom. The summed E-state index contributed by atoms with van der Waals surface area (Å²) in [6, 6.07) is 4.00. The van der Waals surface area contributed by atoms with E-state index in [9.17, 15) is 4.79 Å². The molecule has 1 fully saturated rings. The van der Waals surface area contributed by atoms with Crippen LogP contribution in [0.5, 0.6) is 5.75 Å². The second kappa shape index (κ2) is 7.35. The Kier molecular flexibility index (Phi) is 5.69. The van der Waals surface area contributed by atoms with Crippen LogP contribution in [0.15, 0.2) is 12.1 Å². The predicted octanol–water partition coefficient (Wildman–Crippen LogP) is 3.66. The van der Waals surface area contributed by atoms with E-state index in [-0.39, 0.29) is 11.9 Å². The molecule has 0 aromatic heterocycles. The number of likely N-dealkylation sites (N-methyl/N-ethyl adjacent to an activating group) is 1. The molecule has 128 valence electrons. The van der Waals surface area contributed by atoms with Crippen molar-refractivity contribution < 1.29 is 14.0 Å². The van der Waals surface area contributed by atoms with E-state index < -0.39 is 0 Å². The Labute approximate surface area is 140 Å². The van der Waals surface area contributed by atoms with Crippen molar-refractivity contribution in [2.45, 2.75) is 53.0 Å². The summed E-state index contributed by atoms with van der Waals surface area (Å²) in [5, 5.41) is 3.21. The van der Waals surface area contributed by atoms with Crippen molar-refractivity contribution in [2.75, 3.05) is 32.1 Å². The molecule has 0 saturated carbocycles. The lowest BCUT2D eigenvalue weighted by atomic mass is 10.1. The lowest BCUT2D eigenvalue weighted by Gasteiger charge is -2.39. The third-order valence-corrected chi connectivity index (χ3v) is 5.43. The topological polar surface area (TPSA) is 38.3 Å². The average molecular weight is 319 g/mol. The predicted molar refractivity (Wildman–Crippen MR) is 94.9 cm³/mol. The van der Waals surface area contributed by atoms with Gasteiger partial charge in [-0.1, -0.05) is 6.92 Å². The van der Waals surface area contributed by atoms with Gasteiger partial charge in [-0.3, -0.25) is 4.79 Å². The number of quaternary nitrogens is 1. The van der Waals surface area contributed by atoms with Gasteiger partial charge in [0, 0.05) is 24.9 Å². The fourth-order valence-electron chi connectivity index (χ4n) is 4.08. The zero-order valence-electron chi connectivity index (χ0n) is 15.2. The van der Waals surface area contributed by atoms with E-state index in [0.29, 0.717) is 0 Å². The van der Waals surface area contributed by atoms with Gasteiger partial charge in [-0.2, -0.15) is 0 Å². The van der Waals surface area contributed by atoms with Crippen LogP contribution < -0.4 is 10.1 Å². The number of hydrogen-bond donors (Lipinski definition) is 1. The Morgan fingerprint density at radius 1 is 1.22 bits per heavy atom. The van der Waals surface area contributed by atoms with Crippen LogP contribution >= 0.6 is 0 Å². The number of nitrogens with one attached hydrogen (secondary N) is 1. The molecule has 1 aromatic rings. The highest BCUT2D eigenvalue weighted by molar-refractivity contribution is 5.95. The SMILES string of the molecule is CCC(C(=O)Nc1c(C)cc(OC)cc1C)[N+]1(CC)CCCC1. The zero-order valence-corrected chi connectivity index (χ0v) is 15.2. The molecule has 1 heterocycles. The van der Waals surface area contributed by atoms with Crippen molar-refractivity contribution in [3.8, 4) is 5.75 Å². The first-order valence-corrected chi connectivity index (χ1v) is 8.79. The van der Waals surface area contributed by atoms with E-state index >= 15 is 0 Å². The van der Waals surface area contributed by atoms with Gasteiger partial charge in [0.15, 0.2) is 6.04 Å². The fraction of sp³-hybridized carbons (Fsp3) is 0.632. The van der Waals surface area contributed by atoms with Gasteiger partial charge in [0.25, 0.3) is 5.91 Å². The molecule has 1 atom stereocenters. The number of carbonyl (C=O) groups excluding carboxylic acids is 1. The smallest absolute Gasteiger partial charge is 0.282 e. The maximum absolute atomic E-state index is 13.0. The maximum Gasteiger partial charge on any atom is 0.282 e. The molecule has 0 spiro atoms. The van der Waals surface area contributed by atoms with Crippen molar-refractivity contribution in [1.82, 2.24) is 0 Å². The van der Waals surface area contributed by atoms with E-state index in [4.69, 9.17) is 4.74 Å². The molecule has 1 N–H and O–H groups in total.